The van der Waals surface area contributed by atoms with Crippen LogP contribution in [-0.4, -0.2) is 24.0 Å². The van der Waals surface area contributed by atoms with Crippen LogP contribution in [0, 0.1) is 0 Å². The van der Waals surface area contributed by atoms with Crippen molar-refractivity contribution < 1.29 is 19.4 Å². The molecule has 25 heavy (non-hydrogen) atoms. The number of aromatic hydroxyl groups is 1. The lowest BCUT2D eigenvalue weighted by Crippen LogP contribution is -2.25. The number of phenols is 1. The van der Waals surface area contributed by atoms with E-state index in [2.05, 4.69) is 5.32 Å². The number of hydrogen-bond donors (Lipinski definition) is 3. The van der Waals surface area contributed by atoms with Gasteiger partial charge in [-0.15, -0.1) is 0 Å². The largest absolute Gasteiger partial charge is 0.504 e. The van der Waals surface area contributed by atoms with Crippen LogP contribution in [0.3, 0.4) is 0 Å². The lowest BCUT2D eigenvalue weighted by Gasteiger charge is -2.08. The van der Waals surface area contributed by atoms with E-state index in [0.29, 0.717) is 16.3 Å². The molecular formula is C17H14Cl2N2O4. The van der Waals surface area contributed by atoms with Crippen LogP contribution in [-0.2, 0) is 9.59 Å². The second-order valence-electron chi connectivity index (χ2n) is 4.94. The van der Waals surface area contributed by atoms with E-state index < -0.39 is 11.8 Å². The zero-order chi connectivity index (χ0) is 18.6. The van der Waals surface area contributed by atoms with Gasteiger partial charge in [-0.3, -0.25) is 9.59 Å². The zero-order valence-corrected chi connectivity index (χ0v) is 14.6. The summed E-state index contributed by atoms with van der Waals surface area (Å²) in [6.45, 7) is 0. The van der Waals surface area contributed by atoms with Crippen molar-refractivity contribution in [3.05, 3.63) is 57.6 Å². The first-order valence-corrected chi connectivity index (χ1v) is 7.72. The van der Waals surface area contributed by atoms with E-state index >= 15 is 0 Å². The summed E-state index contributed by atoms with van der Waals surface area (Å²) in [5.74, 6) is -1.49. The van der Waals surface area contributed by atoms with Crippen molar-refractivity contribution in [1.82, 2.24) is 0 Å². The predicted octanol–water partition coefficient (Wildman–Crippen LogP) is 3.22. The number of hydrogen-bond acceptors (Lipinski definition) is 4. The third-order valence-electron chi connectivity index (χ3n) is 3.20. The molecule has 2 aromatic carbocycles. The van der Waals surface area contributed by atoms with E-state index in [4.69, 9.17) is 33.7 Å². The molecule has 2 amide bonds. The second kappa shape index (κ2) is 7.92. The molecule has 0 aliphatic carbocycles. The van der Waals surface area contributed by atoms with Crippen molar-refractivity contribution in [3.8, 4) is 11.5 Å². The SMILES string of the molecule is COc1cc(C=C(C(N)=O)C(=O)Nc2ccc(Cl)c(Cl)c2)ccc1O. The molecule has 4 N–H and O–H groups in total. The average molecular weight is 381 g/mol. The quantitative estimate of drug-likeness (QED) is 0.421. The van der Waals surface area contributed by atoms with Gasteiger partial charge in [0, 0.05) is 5.69 Å². The Morgan fingerprint density at radius 1 is 1.16 bits per heavy atom. The Hall–Kier alpha value is -2.70. The third-order valence-corrected chi connectivity index (χ3v) is 3.94. The van der Waals surface area contributed by atoms with E-state index in [1.807, 2.05) is 0 Å². The second-order valence-corrected chi connectivity index (χ2v) is 5.75. The van der Waals surface area contributed by atoms with Crippen LogP contribution in [0.25, 0.3) is 6.08 Å². The standard InChI is InChI=1S/C17H14Cl2N2O4/c1-25-15-7-9(2-5-14(15)22)6-11(16(20)23)17(24)21-10-3-4-12(18)13(19)8-10/h2-8,22H,1H3,(H2,20,23)(H,21,24). The molecule has 0 spiro atoms. The highest BCUT2D eigenvalue weighted by atomic mass is 35.5. The first-order chi connectivity index (χ1) is 11.8. The number of nitrogens with one attached hydrogen (secondary N) is 1. The number of benzene rings is 2. The number of rotatable bonds is 5. The summed E-state index contributed by atoms with van der Waals surface area (Å²) in [5.41, 5.74) is 5.83. The zero-order valence-electron chi connectivity index (χ0n) is 13.0. The van der Waals surface area contributed by atoms with Crippen LogP contribution >= 0.6 is 23.2 Å². The lowest BCUT2D eigenvalue weighted by atomic mass is 10.1. The fourth-order valence-corrected chi connectivity index (χ4v) is 2.27. The molecule has 0 heterocycles. The van der Waals surface area contributed by atoms with Crippen LogP contribution in [0.1, 0.15) is 5.56 Å². The summed E-state index contributed by atoms with van der Waals surface area (Å²) in [6.07, 6.45) is 1.29. The summed E-state index contributed by atoms with van der Waals surface area (Å²) < 4.78 is 4.99. The first kappa shape index (κ1) is 18.6. The Balaban J connectivity index is 2.31. The number of methoxy groups -OCH3 is 1. The maximum absolute atomic E-state index is 12.3. The van der Waals surface area contributed by atoms with Crippen molar-refractivity contribution in [2.75, 3.05) is 12.4 Å². The number of primary amides is 1. The molecule has 0 bridgehead atoms. The van der Waals surface area contributed by atoms with Crippen molar-refractivity contribution in [2.45, 2.75) is 0 Å². The van der Waals surface area contributed by atoms with E-state index in [-0.39, 0.29) is 22.1 Å². The average Bonchev–Trinajstić information content (AvgIpc) is 2.56. The van der Waals surface area contributed by atoms with E-state index in [1.54, 1.807) is 0 Å². The molecule has 0 fully saturated rings. The minimum absolute atomic E-state index is 0.0690. The van der Waals surface area contributed by atoms with Gasteiger partial charge in [-0.05, 0) is 42.0 Å². The highest BCUT2D eigenvalue weighted by molar-refractivity contribution is 6.42. The number of anilines is 1. The van der Waals surface area contributed by atoms with Crippen molar-refractivity contribution in [2.24, 2.45) is 5.73 Å². The molecule has 0 aliphatic rings. The number of phenolic OH excluding ortho intramolecular Hbond substituents is 1. The summed E-state index contributed by atoms with van der Waals surface area (Å²) >= 11 is 11.7. The first-order valence-electron chi connectivity index (χ1n) is 6.96. The maximum atomic E-state index is 12.3. The molecule has 8 heteroatoms. The van der Waals surface area contributed by atoms with E-state index in [9.17, 15) is 14.7 Å². The maximum Gasteiger partial charge on any atom is 0.261 e. The predicted molar refractivity (Wildman–Crippen MR) is 96.9 cm³/mol. The Kier molecular flexibility index (Phi) is 5.90. The highest BCUT2D eigenvalue weighted by Crippen LogP contribution is 2.28. The Bertz CT molecular complexity index is 866. The fourth-order valence-electron chi connectivity index (χ4n) is 1.97. The fraction of sp³-hybridized carbons (Fsp3) is 0.0588. The lowest BCUT2D eigenvalue weighted by molar-refractivity contribution is -0.119. The molecule has 0 saturated carbocycles. The van der Waals surface area contributed by atoms with Gasteiger partial charge in [0.1, 0.15) is 5.57 Å². The minimum Gasteiger partial charge on any atom is -0.504 e. The minimum atomic E-state index is -0.912. The molecule has 2 aromatic rings. The van der Waals surface area contributed by atoms with E-state index in [1.165, 1.54) is 49.6 Å². The normalized spacial score (nSPS) is 11.1. The van der Waals surface area contributed by atoms with Gasteiger partial charge < -0.3 is 20.9 Å². The monoisotopic (exact) mass is 380 g/mol. The van der Waals surface area contributed by atoms with Crippen molar-refractivity contribution in [3.63, 3.8) is 0 Å². The van der Waals surface area contributed by atoms with Gasteiger partial charge in [-0.1, -0.05) is 29.3 Å². The molecule has 0 atom stereocenters. The number of nitrogens with two attached hydrogens (primary N) is 1. The van der Waals surface area contributed by atoms with Crippen LogP contribution in [0.4, 0.5) is 5.69 Å². The topological polar surface area (TPSA) is 102 Å². The van der Waals surface area contributed by atoms with Gasteiger partial charge in [-0.2, -0.15) is 0 Å². The molecule has 2 rings (SSSR count). The van der Waals surface area contributed by atoms with Crippen LogP contribution in [0.15, 0.2) is 42.0 Å². The highest BCUT2D eigenvalue weighted by Gasteiger charge is 2.16. The third kappa shape index (κ3) is 4.65. The number of halogens is 2. The Morgan fingerprint density at radius 3 is 2.48 bits per heavy atom. The number of carbonyl (C=O) groups is 2. The smallest absolute Gasteiger partial charge is 0.261 e. The summed E-state index contributed by atoms with van der Waals surface area (Å²) in [6, 6.07) is 8.84. The van der Waals surface area contributed by atoms with Gasteiger partial charge in [0.15, 0.2) is 11.5 Å². The number of carbonyl (C=O) groups excluding carboxylic acids is 2. The van der Waals surface area contributed by atoms with Gasteiger partial charge in [0.25, 0.3) is 11.8 Å². The molecule has 0 aromatic heterocycles. The van der Waals surface area contributed by atoms with Gasteiger partial charge in [-0.25, -0.2) is 0 Å². The molecule has 6 nitrogen and oxygen atoms in total. The van der Waals surface area contributed by atoms with Crippen molar-refractivity contribution in [1.29, 1.82) is 0 Å². The number of ether oxygens (including phenoxy) is 1. The molecule has 0 radical (unpaired) electrons. The molecule has 0 aliphatic heterocycles. The van der Waals surface area contributed by atoms with Crippen LogP contribution in [0.2, 0.25) is 10.0 Å². The summed E-state index contributed by atoms with van der Waals surface area (Å²) in [4.78, 5) is 24.0. The van der Waals surface area contributed by atoms with E-state index in [0.717, 1.165) is 0 Å². The van der Waals surface area contributed by atoms with Gasteiger partial charge >= 0.3 is 0 Å². The molecule has 130 valence electrons. The van der Waals surface area contributed by atoms with Gasteiger partial charge in [0.2, 0.25) is 0 Å². The Labute approximate surface area is 153 Å². The Morgan fingerprint density at radius 2 is 1.88 bits per heavy atom. The summed E-state index contributed by atoms with van der Waals surface area (Å²) in [5, 5.41) is 12.7. The summed E-state index contributed by atoms with van der Waals surface area (Å²) in [7, 11) is 1.38. The van der Waals surface area contributed by atoms with Crippen LogP contribution in [0.5, 0.6) is 11.5 Å². The molecule has 0 unspecified atom stereocenters. The molecular weight excluding hydrogens is 367 g/mol. The van der Waals surface area contributed by atoms with Crippen molar-refractivity contribution >= 4 is 46.8 Å². The van der Waals surface area contributed by atoms with Crippen LogP contribution < -0.4 is 15.8 Å². The molecule has 0 saturated heterocycles. The van der Waals surface area contributed by atoms with Gasteiger partial charge in [0.05, 0.1) is 17.2 Å². The number of amides is 2.